The van der Waals surface area contributed by atoms with E-state index in [0.29, 0.717) is 37.5 Å². The standard InChI is InChI=1S/C31H38ClN5O5S/c1-41-31(38)28-18-24-16-21(4-5-23(24)19-33-28)25-17-22(6-7-27(25)32)30-26-20-36(43(2,39)40)11-8-29(26)37(34-30)10-3-9-35-12-14-42-15-13-35/h4-7,16-17,28,33H,3,8-15,18-20H2,1-2H3. The first-order valence-electron chi connectivity index (χ1n) is 14.8. The van der Waals surface area contributed by atoms with Gasteiger partial charge in [-0.3, -0.25) is 14.4 Å². The van der Waals surface area contributed by atoms with Crippen molar-refractivity contribution in [2.24, 2.45) is 0 Å². The molecule has 43 heavy (non-hydrogen) atoms. The van der Waals surface area contributed by atoms with Crippen LogP contribution in [0.3, 0.4) is 0 Å². The van der Waals surface area contributed by atoms with E-state index in [1.807, 2.05) is 18.2 Å². The van der Waals surface area contributed by atoms with Crippen LogP contribution in [-0.2, 0) is 56.8 Å². The molecule has 1 fully saturated rings. The molecule has 3 aliphatic heterocycles. The Balaban J connectivity index is 1.32. The number of carbonyl (C=O) groups excluding carboxylic acids is 1. The van der Waals surface area contributed by atoms with Gasteiger partial charge >= 0.3 is 5.97 Å². The van der Waals surface area contributed by atoms with E-state index in [1.165, 1.54) is 17.7 Å². The monoisotopic (exact) mass is 627 g/mol. The first-order valence-corrected chi connectivity index (χ1v) is 17.0. The predicted octanol–water partition coefficient (Wildman–Crippen LogP) is 3.10. The smallest absolute Gasteiger partial charge is 0.323 e. The lowest BCUT2D eigenvalue weighted by molar-refractivity contribution is -0.143. The molecule has 0 amide bonds. The number of methoxy groups -OCH3 is 1. The fourth-order valence-electron chi connectivity index (χ4n) is 6.32. The number of aromatic nitrogens is 2. The van der Waals surface area contributed by atoms with Gasteiger partial charge in [-0.25, -0.2) is 8.42 Å². The molecular weight excluding hydrogens is 590 g/mol. The third-order valence-corrected chi connectivity index (χ3v) is 10.3. The van der Waals surface area contributed by atoms with E-state index in [2.05, 4.69) is 33.1 Å². The maximum absolute atomic E-state index is 12.5. The fraction of sp³-hybridized carbons (Fsp3) is 0.484. The van der Waals surface area contributed by atoms with Crippen molar-refractivity contribution in [2.45, 2.75) is 44.9 Å². The minimum Gasteiger partial charge on any atom is -0.468 e. The number of esters is 1. The SMILES string of the molecule is COC(=O)C1Cc2cc(-c3cc(-c4nn(CCCN5CCOCC5)c5c4CN(S(C)(=O)=O)CC5)ccc3Cl)ccc2CN1. The van der Waals surface area contributed by atoms with Crippen molar-refractivity contribution in [3.63, 3.8) is 0 Å². The van der Waals surface area contributed by atoms with E-state index >= 15 is 0 Å². The molecule has 230 valence electrons. The largest absolute Gasteiger partial charge is 0.468 e. The van der Waals surface area contributed by atoms with Crippen LogP contribution >= 0.6 is 11.6 Å². The lowest BCUT2D eigenvalue weighted by atomic mass is 9.91. The number of fused-ring (bicyclic) bond motifs is 2. The summed E-state index contributed by atoms with van der Waals surface area (Å²) in [5.74, 6) is -0.274. The molecule has 0 saturated carbocycles. The molecule has 3 aromatic rings. The number of benzene rings is 2. The second-order valence-electron chi connectivity index (χ2n) is 11.5. The molecule has 4 heterocycles. The van der Waals surface area contributed by atoms with Crippen molar-refractivity contribution in [3.8, 4) is 22.4 Å². The van der Waals surface area contributed by atoms with E-state index in [4.69, 9.17) is 26.2 Å². The van der Waals surface area contributed by atoms with Crippen LogP contribution in [0, 0.1) is 0 Å². The number of rotatable bonds is 8. The Hall–Kier alpha value is -2.80. The third-order valence-electron chi connectivity index (χ3n) is 8.72. The quantitative estimate of drug-likeness (QED) is 0.380. The van der Waals surface area contributed by atoms with Crippen LogP contribution in [0.2, 0.25) is 5.02 Å². The Bertz CT molecular complexity index is 1620. The van der Waals surface area contributed by atoms with Crippen LogP contribution < -0.4 is 5.32 Å². The molecule has 0 radical (unpaired) electrons. The molecule has 1 saturated heterocycles. The summed E-state index contributed by atoms with van der Waals surface area (Å²) in [5, 5.41) is 8.93. The van der Waals surface area contributed by atoms with Crippen LogP contribution in [0.25, 0.3) is 22.4 Å². The summed E-state index contributed by atoms with van der Waals surface area (Å²) in [7, 11) is -1.95. The van der Waals surface area contributed by atoms with Crippen molar-refractivity contribution in [2.75, 3.05) is 52.8 Å². The van der Waals surface area contributed by atoms with Gasteiger partial charge in [-0.05, 0) is 41.7 Å². The van der Waals surface area contributed by atoms with Gasteiger partial charge < -0.3 is 14.8 Å². The van der Waals surface area contributed by atoms with Gasteiger partial charge in [0.25, 0.3) is 0 Å². The molecule has 12 heteroatoms. The molecule has 10 nitrogen and oxygen atoms in total. The summed E-state index contributed by atoms with van der Waals surface area (Å²) in [6.45, 7) is 6.51. The van der Waals surface area contributed by atoms with E-state index in [0.717, 1.165) is 90.6 Å². The normalized spacial score (nSPS) is 19.6. The van der Waals surface area contributed by atoms with Gasteiger partial charge in [0.2, 0.25) is 10.0 Å². The summed E-state index contributed by atoms with van der Waals surface area (Å²) in [5.41, 5.74) is 7.78. The number of hydrogen-bond acceptors (Lipinski definition) is 8. The van der Waals surface area contributed by atoms with Crippen LogP contribution in [0.15, 0.2) is 36.4 Å². The highest BCUT2D eigenvalue weighted by molar-refractivity contribution is 7.88. The highest BCUT2D eigenvalue weighted by Crippen LogP contribution is 2.37. The maximum Gasteiger partial charge on any atom is 0.323 e. The summed E-state index contributed by atoms with van der Waals surface area (Å²) >= 11 is 6.76. The predicted molar refractivity (Wildman–Crippen MR) is 165 cm³/mol. The van der Waals surface area contributed by atoms with Crippen molar-refractivity contribution < 1.29 is 22.7 Å². The Kier molecular flexibility index (Phi) is 8.91. The number of morpholine rings is 1. The van der Waals surface area contributed by atoms with Gasteiger partial charge in [-0.15, -0.1) is 0 Å². The van der Waals surface area contributed by atoms with Crippen LogP contribution in [-0.4, -0.2) is 92.2 Å². The van der Waals surface area contributed by atoms with Crippen molar-refractivity contribution in [3.05, 3.63) is 63.8 Å². The fourth-order valence-corrected chi connectivity index (χ4v) is 7.33. The Labute approximate surface area is 257 Å². The Morgan fingerprint density at radius 1 is 1.09 bits per heavy atom. The van der Waals surface area contributed by atoms with E-state index in [-0.39, 0.29) is 12.0 Å². The molecule has 0 spiro atoms. The summed E-state index contributed by atoms with van der Waals surface area (Å²) in [4.78, 5) is 14.6. The zero-order chi connectivity index (χ0) is 30.1. The number of ether oxygens (including phenoxy) is 2. The molecule has 1 atom stereocenters. The number of halogens is 1. The molecular formula is C31H38ClN5O5S. The van der Waals surface area contributed by atoms with Gasteiger partial charge in [-0.2, -0.15) is 9.40 Å². The number of nitrogens with one attached hydrogen (secondary N) is 1. The molecule has 3 aliphatic rings. The van der Waals surface area contributed by atoms with Gasteiger partial charge in [0.15, 0.2) is 0 Å². The zero-order valence-electron chi connectivity index (χ0n) is 24.6. The maximum atomic E-state index is 12.5. The Morgan fingerprint density at radius 3 is 2.65 bits per heavy atom. The minimum atomic E-state index is -3.35. The summed E-state index contributed by atoms with van der Waals surface area (Å²) in [6, 6.07) is 11.7. The van der Waals surface area contributed by atoms with Crippen molar-refractivity contribution in [1.82, 2.24) is 24.3 Å². The molecule has 1 N–H and O–H groups in total. The van der Waals surface area contributed by atoms with E-state index in [1.54, 1.807) is 0 Å². The first-order chi connectivity index (χ1) is 20.7. The number of carbonyl (C=O) groups is 1. The highest BCUT2D eigenvalue weighted by atomic mass is 35.5. The average molecular weight is 628 g/mol. The first kappa shape index (κ1) is 30.2. The zero-order valence-corrected chi connectivity index (χ0v) is 26.2. The molecule has 0 aliphatic carbocycles. The molecule has 6 rings (SSSR count). The average Bonchev–Trinajstić information content (AvgIpc) is 3.38. The number of aryl methyl sites for hydroxylation is 1. The second-order valence-corrected chi connectivity index (χ2v) is 13.9. The molecule has 0 bridgehead atoms. The van der Waals surface area contributed by atoms with Crippen molar-refractivity contribution >= 4 is 27.6 Å². The molecule has 1 aromatic heterocycles. The lowest BCUT2D eigenvalue weighted by Gasteiger charge is -2.27. The van der Waals surface area contributed by atoms with E-state index < -0.39 is 10.0 Å². The number of sulfonamides is 1. The van der Waals surface area contributed by atoms with Gasteiger partial charge in [0.1, 0.15) is 6.04 Å². The lowest BCUT2D eigenvalue weighted by Crippen LogP contribution is -2.42. The topological polar surface area (TPSA) is 106 Å². The van der Waals surface area contributed by atoms with Gasteiger partial charge in [0, 0.05) is 79.6 Å². The van der Waals surface area contributed by atoms with Crippen LogP contribution in [0.1, 0.15) is 28.8 Å². The second kappa shape index (κ2) is 12.7. The Morgan fingerprint density at radius 2 is 1.88 bits per heavy atom. The number of hydrogen-bond donors (Lipinski definition) is 1. The van der Waals surface area contributed by atoms with Gasteiger partial charge in [0.05, 0.1) is 32.3 Å². The third kappa shape index (κ3) is 6.52. The molecule has 1 unspecified atom stereocenters. The van der Waals surface area contributed by atoms with Crippen LogP contribution in [0.5, 0.6) is 0 Å². The van der Waals surface area contributed by atoms with E-state index in [9.17, 15) is 13.2 Å². The van der Waals surface area contributed by atoms with Gasteiger partial charge in [-0.1, -0.05) is 35.9 Å². The minimum absolute atomic E-state index is 0.274. The number of nitrogens with zero attached hydrogens (tertiary/aromatic N) is 4. The summed E-state index contributed by atoms with van der Waals surface area (Å²) < 4.78 is 39.1. The van der Waals surface area contributed by atoms with Crippen LogP contribution in [0.4, 0.5) is 0 Å². The summed E-state index contributed by atoms with van der Waals surface area (Å²) in [6.07, 6.45) is 3.37. The van der Waals surface area contributed by atoms with Crippen molar-refractivity contribution in [1.29, 1.82) is 0 Å². The molecule has 2 aromatic carbocycles. The highest BCUT2D eigenvalue weighted by Gasteiger charge is 2.30.